The number of carbonyl (C=O) groups is 1. The van der Waals surface area contributed by atoms with Crippen LogP contribution in [-0.2, 0) is 11.3 Å². The van der Waals surface area contributed by atoms with E-state index in [4.69, 9.17) is 11.6 Å². The second-order valence-electron chi connectivity index (χ2n) is 6.10. The molecule has 24 heavy (non-hydrogen) atoms. The van der Waals surface area contributed by atoms with Crippen LogP contribution in [-0.4, -0.2) is 39.1 Å². The van der Waals surface area contributed by atoms with Crippen LogP contribution in [0, 0.1) is 0 Å². The molecule has 1 aliphatic heterocycles. The van der Waals surface area contributed by atoms with E-state index in [1.165, 1.54) is 10.9 Å². The number of carbonyl (C=O) groups excluding carboxylic acids is 1. The number of aliphatic hydroxyl groups is 1. The third-order valence-corrected chi connectivity index (χ3v) is 5.54. The molecule has 0 saturated carbocycles. The van der Waals surface area contributed by atoms with E-state index in [9.17, 15) is 14.7 Å². The van der Waals surface area contributed by atoms with Gasteiger partial charge in [-0.25, -0.2) is 4.98 Å². The number of ketones is 1. The molecule has 3 rings (SSSR count). The Bertz CT molecular complexity index is 839. The van der Waals surface area contributed by atoms with Gasteiger partial charge in [0.2, 0.25) is 0 Å². The number of nitrogens with zero attached hydrogens (tertiary/aromatic N) is 2. The number of benzene rings is 1. The molecule has 2 heterocycles. The number of halogens is 2. The summed E-state index contributed by atoms with van der Waals surface area (Å²) >= 11 is 9.34. The Morgan fingerprint density at radius 1 is 1.50 bits per heavy atom. The van der Waals surface area contributed by atoms with E-state index in [-0.39, 0.29) is 30.3 Å². The van der Waals surface area contributed by atoms with Gasteiger partial charge in [-0.05, 0) is 40.9 Å². The summed E-state index contributed by atoms with van der Waals surface area (Å²) in [7, 11) is 0. The van der Waals surface area contributed by atoms with E-state index < -0.39 is 6.10 Å². The Labute approximate surface area is 152 Å². The molecule has 0 radical (unpaired) electrons. The molecule has 1 aliphatic rings. The Hall–Kier alpha value is -1.28. The summed E-state index contributed by atoms with van der Waals surface area (Å²) in [5.41, 5.74) is 0.229. The number of Topliss-reactive ketones (excluding diaryl/α,β-unsaturated/α-hetero) is 1. The normalized spacial score (nSPS) is 21.1. The zero-order valence-electron chi connectivity index (χ0n) is 12.9. The molecule has 6 nitrogen and oxygen atoms in total. The van der Waals surface area contributed by atoms with Crippen molar-refractivity contribution in [2.45, 2.75) is 38.0 Å². The smallest absolute Gasteiger partial charge is 0.261 e. The molecule has 1 aromatic heterocycles. The number of quaternary nitrogens is 1. The van der Waals surface area contributed by atoms with Crippen molar-refractivity contribution in [1.29, 1.82) is 0 Å². The predicted octanol–water partition coefficient (Wildman–Crippen LogP) is 0.858. The first-order valence-electron chi connectivity index (χ1n) is 7.83. The first-order chi connectivity index (χ1) is 11.5. The van der Waals surface area contributed by atoms with Crippen molar-refractivity contribution in [3.63, 3.8) is 0 Å². The van der Waals surface area contributed by atoms with Gasteiger partial charge in [-0.1, -0.05) is 11.6 Å². The number of aliphatic hydroxyl groups excluding tert-OH is 1. The van der Waals surface area contributed by atoms with Crippen molar-refractivity contribution < 1.29 is 15.2 Å². The molecule has 2 aromatic rings. The Morgan fingerprint density at radius 3 is 3.04 bits per heavy atom. The van der Waals surface area contributed by atoms with E-state index in [1.54, 1.807) is 12.1 Å². The molecule has 2 atom stereocenters. The Kier molecular flexibility index (Phi) is 5.34. The fourth-order valence-electron chi connectivity index (χ4n) is 3.03. The average Bonchev–Trinajstić information content (AvgIpc) is 2.54. The van der Waals surface area contributed by atoms with Crippen LogP contribution in [0.15, 0.2) is 27.7 Å². The topological polar surface area (TPSA) is 88.8 Å². The van der Waals surface area contributed by atoms with Crippen LogP contribution in [0.5, 0.6) is 0 Å². The molecule has 1 aromatic carbocycles. The second kappa shape index (κ2) is 7.31. The van der Waals surface area contributed by atoms with Crippen molar-refractivity contribution in [2.24, 2.45) is 0 Å². The van der Waals surface area contributed by atoms with Crippen LogP contribution < -0.4 is 10.9 Å². The fraction of sp³-hybridized carbons (Fsp3) is 0.438. The van der Waals surface area contributed by atoms with Gasteiger partial charge in [-0.15, -0.1) is 0 Å². The fourth-order valence-corrected chi connectivity index (χ4v) is 3.53. The van der Waals surface area contributed by atoms with Crippen LogP contribution in [0.4, 0.5) is 0 Å². The molecule has 0 amide bonds. The standard InChI is InChI=1S/C16H17BrClN3O3/c17-11-6-13-10(5-12(11)18)16(24)21(8-20-13)7-9(22)4-14-15(23)2-1-3-19-14/h5-6,8,14-15,19,23H,1-4,7H2/p+1. The molecule has 3 N–H and O–H groups in total. The van der Waals surface area contributed by atoms with Crippen LogP contribution in [0.25, 0.3) is 10.9 Å². The van der Waals surface area contributed by atoms with Gasteiger partial charge in [0, 0.05) is 4.47 Å². The SMILES string of the molecule is O=C(CC1[NH2+]CCCC1O)Cn1cnc2cc(Br)c(Cl)cc2c1=O. The van der Waals surface area contributed by atoms with Crippen molar-refractivity contribution in [3.05, 3.63) is 38.3 Å². The van der Waals surface area contributed by atoms with Gasteiger partial charge in [0.1, 0.15) is 12.1 Å². The van der Waals surface area contributed by atoms with E-state index in [0.29, 0.717) is 20.4 Å². The highest BCUT2D eigenvalue weighted by Crippen LogP contribution is 2.25. The Morgan fingerprint density at radius 2 is 2.29 bits per heavy atom. The molecule has 2 unspecified atom stereocenters. The van der Waals surface area contributed by atoms with Gasteiger partial charge in [0.25, 0.3) is 5.56 Å². The minimum Gasteiger partial charge on any atom is -0.387 e. The average molecular weight is 416 g/mol. The van der Waals surface area contributed by atoms with Gasteiger partial charge in [0.15, 0.2) is 5.78 Å². The van der Waals surface area contributed by atoms with Crippen molar-refractivity contribution in [1.82, 2.24) is 9.55 Å². The quantitative estimate of drug-likeness (QED) is 0.775. The lowest BCUT2D eigenvalue weighted by Crippen LogP contribution is -2.94. The molecule has 0 bridgehead atoms. The lowest BCUT2D eigenvalue weighted by molar-refractivity contribution is -0.704. The van der Waals surface area contributed by atoms with E-state index in [2.05, 4.69) is 20.9 Å². The Balaban J connectivity index is 1.79. The van der Waals surface area contributed by atoms with Crippen LogP contribution in [0.3, 0.4) is 0 Å². The summed E-state index contributed by atoms with van der Waals surface area (Å²) < 4.78 is 1.96. The number of hydrogen-bond donors (Lipinski definition) is 2. The van der Waals surface area contributed by atoms with E-state index >= 15 is 0 Å². The third kappa shape index (κ3) is 3.69. The van der Waals surface area contributed by atoms with Gasteiger partial charge in [-0.2, -0.15) is 0 Å². The van der Waals surface area contributed by atoms with Gasteiger partial charge in [0.05, 0.1) is 41.8 Å². The third-order valence-electron chi connectivity index (χ3n) is 4.34. The number of aromatic nitrogens is 2. The maximum atomic E-state index is 12.5. The number of fused-ring (bicyclic) bond motifs is 1. The van der Waals surface area contributed by atoms with Crippen molar-refractivity contribution in [2.75, 3.05) is 6.54 Å². The summed E-state index contributed by atoms with van der Waals surface area (Å²) in [6, 6.07) is 3.11. The number of hydrogen-bond acceptors (Lipinski definition) is 4. The van der Waals surface area contributed by atoms with Crippen LogP contribution in [0.2, 0.25) is 5.02 Å². The van der Waals surface area contributed by atoms with Crippen molar-refractivity contribution >= 4 is 44.2 Å². The lowest BCUT2D eigenvalue weighted by Gasteiger charge is -2.25. The monoisotopic (exact) mass is 414 g/mol. The summed E-state index contributed by atoms with van der Waals surface area (Å²) in [5, 5.41) is 12.8. The first kappa shape index (κ1) is 17.5. The number of piperidine rings is 1. The first-order valence-corrected chi connectivity index (χ1v) is 9.00. The van der Waals surface area contributed by atoms with Crippen molar-refractivity contribution in [3.8, 4) is 0 Å². The number of nitrogens with two attached hydrogens (primary N) is 1. The maximum Gasteiger partial charge on any atom is 0.261 e. The maximum absolute atomic E-state index is 12.5. The molecule has 0 spiro atoms. The molecule has 1 saturated heterocycles. The minimum atomic E-state index is -0.467. The van der Waals surface area contributed by atoms with Gasteiger partial charge in [-0.3, -0.25) is 14.2 Å². The van der Waals surface area contributed by atoms with Crippen LogP contribution in [0.1, 0.15) is 19.3 Å². The summed E-state index contributed by atoms with van der Waals surface area (Å²) in [5.74, 6) is -0.0938. The van der Waals surface area contributed by atoms with E-state index in [0.717, 1.165) is 19.4 Å². The molecular formula is C16H18BrClN3O3+. The molecular weight excluding hydrogens is 398 g/mol. The second-order valence-corrected chi connectivity index (χ2v) is 7.36. The highest BCUT2D eigenvalue weighted by atomic mass is 79.9. The predicted molar refractivity (Wildman–Crippen MR) is 94.2 cm³/mol. The van der Waals surface area contributed by atoms with Crippen LogP contribution >= 0.6 is 27.5 Å². The summed E-state index contributed by atoms with van der Waals surface area (Å²) in [4.78, 5) is 29.0. The molecule has 1 fully saturated rings. The van der Waals surface area contributed by atoms with Gasteiger partial charge >= 0.3 is 0 Å². The van der Waals surface area contributed by atoms with E-state index in [1.807, 2.05) is 5.32 Å². The summed E-state index contributed by atoms with van der Waals surface area (Å²) in [6.45, 7) is 0.867. The molecule has 0 aliphatic carbocycles. The zero-order valence-corrected chi connectivity index (χ0v) is 15.3. The number of rotatable bonds is 4. The van der Waals surface area contributed by atoms with Gasteiger partial charge < -0.3 is 10.4 Å². The highest BCUT2D eigenvalue weighted by molar-refractivity contribution is 9.10. The molecule has 128 valence electrons. The highest BCUT2D eigenvalue weighted by Gasteiger charge is 2.28. The largest absolute Gasteiger partial charge is 0.387 e. The lowest BCUT2D eigenvalue weighted by atomic mass is 9.97. The minimum absolute atomic E-state index is 0.0491. The molecule has 8 heteroatoms. The zero-order chi connectivity index (χ0) is 17.3. The summed E-state index contributed by atoms with van der Waals surface area (Å²) in [6.07, 6.45) is 2.83.